The van der Waals surface area contributed by atoms with Crippen LogP contribution < -0.4 is 5.73 Å². The van der Waals surface area contributed by atoms with Gasteiger partial charge in [0, 0.05) is 18.3 Å². The molecule has 1 aromatic carbocycles. The van der Waals surface area contributed by atoms with Crippen molar-refractivity contribution in [3.05, 3.63) is 42.2 Å². The van der Waals surface area contributed by atoms with Crippen molar-refractivity contribution in [3.63, 3.8) is 0 Å². The summed E-state index contributed by atoms with van der Waals surface area (Å²) in [6.07, 6.45) is -1.62. The lowest BCUT2D eigenvalue weighted by atomic mass is 9.99. The van der Waals surface area contributed by atoms with Crippen LogP contribution in [0.3, 0.4) is 0 Å². The molecule has 3 heterocycles. The lowest BCUT2D eigenvalue weighted by molar-refractivity contribution is -0.137. The number of benzene rings is 1. The molecule has 0 saturated heterocycles. The van der Waals surface area contributed by atoms with Crippen molar-refractivity contribution in [2.24, 2.45) is 0 Å². The smallest absolute Gasteiger partial charge is 0.379 e. The molecule has 0 aliphatic rings. The molecule has 0 spiro atoms. The maximum absolute atomic E-state index is 13.5. The topological polar surface area (TPSA) is 95.7 Å². The van der Waals surface area contributed by atoms with Crippen LogP contribution in [0.2, 0.25) is 0 Å². The molecule has 3 aromatic heterocycles. The van der Waals surface area contributed by atoms with Crippen molar-refractivity contribution in [1.29, 1.82) is 0 Å². The van der Waals surface area contributed by atoms with Gasteiger partial charge < -0.3 is 10.3 Å². The molecular weight excluding hydrogens is 361 g/mol. The molecule has 27 heavy (non-hydrogen) atoms. The van der Waals surface area contributed by atoms with Crippen LogP contribution in [0.1, 0.15) is 12.5 Å². The number of hydrogen-bond acceptors (Lipinski definition) is 6. The zero-order valence-corrected chi connectivity index (χ0v) is 14.0. The molecule has 7 nitrogen and oxygen atoms in total. The Hall–Kier alpha value is -3.43. The van der Waals surface area contributed by atoms with Crippen LogP contribution in [0.5, 0.6) is 0 Å². The molecule has 0 aliphatic carbocycles. The first-order valence-electron chi connectivity index (χ1n) is 8.01. The van der Waals surface area contributed by atoms with Gasteiger partial charge in [-0.2, -0.15) is 13.2 Å². The Labute approximate surface area is 150 Å². The molecule has 0 radical (unpaired) electrons. The molecule has 0 fully saturated rings. The lowest BCUT2D eigenvalue weighted by Gasteiger charge is -2.14. The summed E-state index contributed by atoms with van der Waals surface area (Å²) in [5.41, 5.74) is 6.51. The van der Waals surface area contributed by atoms with Gasteiger partial charge in [0.25, 0.3) is 0 Å². The minimum atomic E-state index is -4.50. The predicted octanol–water partition coefficient (Wildman–Crippen LogP) is 3.77. The van der Waals surface area contributed by atoms with Crippen LogP contribution in [0.4, 0.5) is 19.0 Å². The number of rotatable bonds is 3. The summed E-state index contributed by atoms with van der Waals surface area (Å²) in [4.78, 5) is 8.51. The largest absolute Gasteiger partial charge is 0.417 e. The first kappa shape index (κ1) is 17.0. The summed E-state index contributed by atoms with van der Waals surface area (Å²) in [6.45, 7) is 2.26. The molecule has 138 valence electrons. The summed E-state index contributed by atoms with van der Waals surface area (Å²) in [7, 11) is 0. The molecule has 0 saturated carbocycles. The van der Waals surface area contributed by atoms with Crippen molar-refractivity contribution < 1.29 is 17.8 Å². The van der Waals surface area contributed by atoms with Crippen LogP contribution >= 0.6 is 0 Å². The van der Waals surface area contributed by atoms with Crippen LogP contribution in [-0.2, 0) is 12.7 Å². The number of fused-ring (bicyclic) bond motifs is 1. The van der Waals surface area contributed by atoms with Crippen molar-refractivity contribution in [2.45, 2.75) is 19.6 Å². The predicted molar refractivity (Wildman–Crippen MR) is 91.3 cm³/mol. The first-order valence-corrected chi connectivity index (χ1v) is 8.01. The molecule has 0 bridgehead atoms. The second-order valence-electron chi connectivity index (χ2n) is 5.78. The van der Waals surface area contributed by atoms with E-state index in [1.54, 1.807) is 10.6 Å². The summed E-state index contributed by atoms with van der Waals surface area (Å²) in [6, 6.07) is 5.36. The van der Waals surface area contributed by atoms with Crippen molar-refractivity contribution in [2.75, 3.05) is 5.73 Å². The molecular formula is C17H13F3N6O. The Kier molecular flexibility index (Phi) is 3.83. The molecule has 0 unspecified atom stereocenters. The van der Waals surface area contributed by atoms with Gasteiger partial charge in [0.2, 0.25) is 0 Å². The van der Waals surface area contributed by atoms with Gasteiger partial charge in [0.05, 0.1) is 17.3 Å². The molecule has 0 amide bonds. The van der Waals surface area contributed by atoms with E-state index >= 15 is 0 Å². The van der Waals surface area contributed by atoms with Gasteiger partial charge in [0.1, 0.15) is 5.52 Å². The third-order valence-electron chi connectivity index (χ3n) is 4.21. The number of nitrogens with two attached hydrogens (primary N) is 1. The van der Waals surface area contributed by atoms with Crippen molar-refractivity contribution >= 4 is 16.9 Å². The van der Waals surface area contributed by atoms with E-state index in [0.29, 0.717) is 29.0 Å². The van der Waals surface area contributed by atoms with Gasteiger partial charge in [-0.3, -0.25) is 4.98 Å². The monoisotopic (exact) mass is 374 g/mol. The van der Waals surface area contributed by atoms with E-state index in [1.807, 2.05) is 6.92 Å². The number of anilines is 1. The number of hydrogen-bond donors (Lipinski definition) is 1. The number of nitrogens with zero attached hydrogens (tertiary/aromatic N) is 5. The fraction of sp³-hybridized carbons (Fsp3) is 0.176. The van der Waals surface area contributed by atoms with E-state index in [4.69, 9.17) is 5.73 Å². The normalized spacial score (nSPS) is 12.0. The first-order chi connectivity index (χ1) is 12.9. The summed E-state index contributed by atoms with van der Waals surface area (Å²) < 4.78 is 46.9. The highest BCUT2D eigenvalue weighted by Crippen LogP contribution is 2.40. The molecule has 0 atom stereocenters. The Balaban J connectivity index is 2.05. The van der Waals surface area contributed by atoms with E-state index < -0.39 is 11.7 Å². The van der Waals surface area contributed by atoms with Gasteiger partial charge >= 0.3 is 6.18 Å². The van der Waals surface area contributed by atoms with E-state index in [1.165, 1.54) is 24.5 Å². The van der Waals surface area contributed by atoms with Crippen LogP contribution in [0, 0.1) is 0 Å². The maximum atomic E-state index is 13.5. The van der Waals surface area contributed by atoms with Crippen molar-refractivity contribution in [3.8, 4) is 22.6 Å². The number of aromatic nitrogens is 5. The zero-order valence-electron chi connectivity index (χ0n) is 14.0. The van der Waals surface area contributed by atoms with Gasteiger partial charge in [-0.15, -0.1) is 0 Å². The third-order valence-corrected chi connectivity index (χ3v) is 4.21. The Bertz CT molecular complexity index is 1130. The number of imidazole rings is 1. The number of halogens is 3. The SMILES string of the molecule is CCn1c(-c2nonc2N)nc2cncc(-c3ccccc3C(F)(F)F)c21. The van der Waals surface area contributed by atoms with Gasteiger partial charge in [-0.05, 0) is 28.9 Å². The van der Waals surface area contributed by atoms with Gasteiger partial charge in [-0.25, -0.2) is 9.61 Å². The highest BCUT2D eigenvalue weighted by Gasteiger charge is 2.34. The van der Waals surface area contributed by atoms with Crippen LogP contribution in [0.15, 0.2) is 41.3 Å². The molecule has 2 N–H and O–H groups in total. The number of alkyl halides is 3. The highest BCUT2D eigenvalue weighted by atomic mass is 19.4. The lowest BCUT2D eigenvalue weighted by Crippen LogP contribution is -2.08. The molecule has 0 aliphatic heterocycles. The standard InChI is InChI=1S/C17H13F3N6O/c1-2-26-14-10(9-5-3-4-6-11(9)17(18,19)20)7-22-8-12(14)23-16(26)13-15(21)25-27-24-13/h3-8H,2H2,1H3,(H2,21,25). The quantitative estimate of drug-likeness (QED) is 0.586. The zero-order chi connectivity index (χ0) is 19.2. The average Bonchev–Trinajstić information content (AvgIpc) is 3.23. The second kappa shape index (κ2) is 6.08. The van der Waals surface area contributed by atoms with Gasteiger partial charge in [0.15, 0.2) is 17.3 Å². The number of aryl methyl sites for hydroxylation is 1. The van der Waals surface area contributed by atoms with Gasteiger partial charge in [-0.1, -0.05) is 18.2 Å². The maximum Gasteiger partial charge on any atom is 0.417 e. The van der Waals surface area contributed by atoms with E-state index in [0.717, 1.165) is 6.07 Å². The van der Waals surface area contributed by atoms with Crippen LogP contribution in [-0.4, -0.2) is 24.8 Å². The number of nitrogen functional groups attached to an aromatic ring is 1. The number of pyridine rings is 1. The minimum Gasteiger partial charge on any atom is -0.379 e. The van der Waals surface area contributed by atoms with E-state index in [-0.39, 0.29) is 17.1 Å². The fourth-order valence-corrected chi connectivity index (χ4v) is 3.09. The highest BCUT2D eigenvalue weighted by molar-refractivity contribution is 5.94. The Morgan fingerprint density at radius 1 is 1.11 bits per heavy atom. The Morgan fingerprint density at radius 2 is 1.89 bits per heavy atom. The molecule has 4 aromatic rings. The summed E-state index contributed by atoms with van der Waals surface area (Å²) in [5.74, 6) is 0.398. The van der Waals surface area contributed by atoms with E-state index in [2.05, 4.69) is 24.9 Å². The average molecular weight is 374 g/mol. The minimum absolute atomic E-state index is 0.0236. The molecule has 10 heteroatoms. The van der Waals surface area contributed by atoms with Crippen molar-refractivity contribution in [1.82, 2.24) is 24.8 Å². The Morgan fingerprint density at radius 3 is 2.56 bits per heavy atom. The summed E-state index contributed by atoms with van der Waals surface area (Å²) >= 11 is 0. The fourth-order valence-electron chi connectivity index (χ4n) is 3.09. The second-order valence-corrected chi connectivity index (χ2v) is 5.78. The molecule has 4 rings (SSSR count). The van der Waals surface area contributed by atoms with E-state index in [9.17, 15) is 13.2 Å². The third kappa shape index (κ3) is 2.69. The summed E-state index contributed by atoms with van der Waals surface area (Å²) in [5, 5.41) is 7.29. The van der Waals surface area contributed by atoms with Crippen LogP contribution in [0.25, 0.3) is 33.7 Å².